The molecule has 1 aliphatic heterocycles. The van der Waals surface area contributed by atoms with Crippen molar-refractivity contribution in [1.82, 2.24) is 19.5 Å². The third kappa shape index (κ3) is 2.10. The molecule has 0 amide bonds. The van der Waals surface area contributed by atoms with Crippen molar-refractivity contribution in [3.63, 3.8) is 0 Å². The molecule has 0 aliphatic carbocycles. The van der Waals surface area contributed by atoms with Crippen LogP contribution in [-0.4, -0.2) is 50.1 Å². The van der Waals surface area contributed by atoms with Crippen LogP contribution in [0.1, 0.15) is 19.6 Å². The lowest BCUT2D eigenvalue weighted by Crippen LogP contribution is -2.17. The van der Waals surface area contributed by atoms with Gasteiger partial charge >= 0.3 is 0 Å². The molecule has 7 nitrogen and oxygen atoms in total. The Morgan fingerprint density at radius 2 is 2.35 bits per heavy atom. The fraction of sp³-hybridized carbons (Fsp3) is 0.583. The summed E-state index contributed by atoms with van der Waals surface area (Å²) >= 11 is 0. The van der Waals surface area contributed by atoms with Gasteiger partial charge < -0.3 is 15.2 Å². The highest BCUT2D eigenvalue weighted by Crippen LogP contribution is 2.33. The van der Waals surface area contributed by atoms with Crippen molar-refractivity contribution in [3.8, 4) is 0 Å². The van der Waals surface area contributed by atoms with Crippen LogP contribution in [0.3, 0.4) is 0 Å². The first-order valence-electron chi connectivity index (χ1n) is 6.56. The highest BCUT2D eigenvalue weighted by molar-refractivity contribution is 5.82. The summed E-state index contributed by atoms with van der Waals surface area (Å²) in [5.74, 6) is 0.614. The molecule has 3 rings (SSSR count). The van der Waals surface area contributed by atoms with E-state index in [-0.39, 0.29) is 13.0 Å². The molecular weight excluding hydrogens is 265 g/mol. The van der Waals surface area contributed by atoms with Gasteiger partial charge in [0.2, 0.25) is 0 Å². The molecule has 1 aliphatic rings. The zero-order valence-electron chi connectivity index (χ0n) is 11.0. The summed E-state index contributed by atoms with van der Waals surface area (Å²) in [5.41, 5.74) is 1.10. The number of hydrogen-bond donors (Lipinski definition) is 2. The zero-order valence-corrected chi connectivity index (χ0v) is 11.0. The Balaban J connectivity index is 1.99. The maximum absolute atomic E-state index is 14.0. The predicted molar refractivity (Wildman–Crippen MR) is 70.0 cm³/mol. The monoisotopic (exact) mass is 281 g/mol. The number of aliphatic hydroxyl groups excluding tert-OH is 1. The largest absolute Gasteiger partial charge is 0.394 e. The Morgan fingerprint density at radius 1 is 1.50 bits per heavy atom. The van der Waals surface area contributed by atoms with Gasteiger partial charge in [0.05, 0.1) is 19.0 Å². The number of fused-ring (bicyclic) bond motifs is 1. The standard InChI is InChI=1S/C12H16FN5O2/c1-2-14-10-9-11(16-5-15-10)18(6-17-9)12-8(13)3-7(4-19)20-12/h5-8,12,19H,2-4H2,1H3,(H,14,15,16). The first kappa shape index (κ1) is 13.2. The first-order chi connectivity index (χ1) is 9.74. The number of alkyl halides is 1. The second kappa shape index (κ2) is 5.29. The predicted octanol–water partition coefficient (Wildman–Crippen LogP) is 0.876. The molecule has 2 aromatic heterocycles. The van der Waals surface area contributed by atoms with Crippen molar-refractivity contribution in [2.24, 2.45) is 0 Å². The van der Waals surface area contributed by atoms with Crippen molar-refractivity contribution in [1.29, 1.82) is 0 Å². The Labute approximate surface area is 114 Å². The van der Waals surface area contributed by atoms with Crippen molar-refractivity contribution in [3.05, 3.63) is 12.7 Å². The number of rotatable bonds is 4. The van der Waals surface area contributed by atoms with Crippen LogP contribution in [-0.2, 0) is 4.74 Å². The molecule has 0 aromatic carbocycles. The summed E-state index contributed by atoms with van der Waals surface area (Å²) in [4.78, 5) is 12.5. The first-order valence-corrected chi connectivity index (χ1v) is 6.56. The summed E-state index contributed by atoms with van der Waals surface area (Å²) in [6, 6.07) is 0. The number of hydrogen-bond acceptors (Lipinski definition) is 6. The lowest BCUT2D eigenvalue weighted by molar-refractivity contribution is -0.0351. The minimum absolute atomic E-state index is 0.173. The molecule has 8 heteroatoms. The van der Waals surface area contributed by atoms with Crippen molar-refractivity contribution < 1.29 is 14.2 Å². The molecule has 3 unspecified atom stereocenters. The van der Waals surface area contributed by atoms with E-state index in [1.165, 1.54) is 12.7 Å². The summed E-state index contributed by atoms with van der Waals surface area (Å²) in [6.45, 7) is 2.47. The average molecular weight is 281 g/mol. The molecule has 2 aromatic rings. The maximum Gasteiger partial charge on any atom is 0.168 e. The highest BCUT2D eigenvalue weighted by atomic mass is 19.1. The SMILES string of the molecule is CCNc1ncnc2c1ncn2C1OC(CO)CC1F. The van der Waals surface area contributed by atoms with E-state index in [0.717, 1.165) is 0 Å². The van der Waals surface area contributed by atoms with Crippen LogP contribution in [0.25, 0.3) is 11.2 Å². The number of nitrogens with one attached hydrogen (secondary N) is 1. The summed E-state index contributed by atoms with van der Waals surface area (Å²) < 4.78 is 21.1. The molecule has 0 spiro atoms. The highest BCUT2D eigenvalue weighted by Gasteiger charge is 2.37. The number of nitrogens with zero attached hydrogens (tertiary/aromatic N) is 4. The molecule has 3 atom stereocenters. The van der Waals surface area contributed by atoms with Gasteiger partial charge in [0.1, 0.15) is 12.5 Å². The molecule has 2 N–H and O–H groups in total. The number of anilines is 1. The van der Waals surface area contributed by atoms with E-state index in [9.17, 15) is 4.39 Å². The molecule has 0 saturated carbocycles. The molecule has 0 radical (unpaired) electrons. The van der Waals surface area contributed by atoms with Gasteiger partial charge in [0.15, 0.2) is 23.2 Å². The Hall–Kier alpha value is -1.80. The number of imidazole rings is 1. The molecule has 3 heterocycles. The summed E-state index contributed by atoms with van der Waals surface area (Å²) in [7, 11) is 0. The zero-order chi connectivity index (χ0) is 14.1. The molecular formula is C12H16FN5O2. The van der Waals surface area contributed by atoms with Crippen LogP contribution in [0.15, 0.2) is 12.7 Å². The van der Waals surface area contributed by atoms with Crippen LogP contribution in [0.4, 0.5) is 10.2 Å². The number of aromatic nitrogens is 4. The number of ether oxygens (including phenoxy) is 1. The van der Waals surface area contributed by atoms with E-state index < -0.39 is 18.5 Å². The Kier molecular flexibility index (Phi) is 3.49. The normalized spacial score (nSPS) is 26.2. The quantitative estimate of drug-likeness (QED) is 0.865. The minimum Gasteiger partial charge on any atom is -0.394 e. The van der Waals surface area contributed by atoms with E-state index >= 15 is 0 Å². The van der Waals surface area contributed by atoms with Crippen molar-refractivity contribution in [2.75, 3.05) is 18.5 Å². The molecule has 108 valence electrons. The van der Waals surface area contributed by atoms with Gasteiger partial charge in [-0.1, -0.05) is 0 Å². The van der Waals surface area contributed by atoms with Crippen LogP contribution in [0.2, 0.25) is 0 Å². The fourth-order valence-corrected chi connectivity index (χ4v) is 2.40. The Morgan fingerprint density at radius 3 is 3.05 bits per heavy atom. The summed E-state index contributed by atoms with van der Waals surface area (Å²) in [6.07, 6.45) is 0.596. The van der Waals surface area contributed by atoms with Crippen LogP contribution in [0, 0.1) is 0 Å². The van der Waals surface area contributed by atoms with Gasteiger partial charge in [-0.15, -0.1) is 0 Å². The van der Waals surface area contributed by atoms with Crippen LogP contribution < -0.4 is 5.32 Å². The Bertz CT molecular complexity index is 605. The van der Waals surface area contributed by atoms with E-state index in [1.54, 1.807) is 4.57 Å². The van der Waals surface area contributed by atoms with Crippen LogP contribution >= 0.6 is 0 Å². The van der Waals surface area contributed by atoms with Crippen molar-refractivity contribution in [2.45, 2.75) is 31.8 Å². The van der Waals surface area contributed by atoms with Crippen molar-refractivity contribution >= 4 is 17.0 Å². The van der Waals surface area contributed by atoms with Gasteiger partial charge in [-0.25, -0.2) is 19.3 Å². The second-order valence-corrected chi connectivity index (χ2v) is 4.66. The third-order valence-electron chi connectivity index (χ3n) is 3.31. The lowest BCUT2D eigenvalue weighted by Gasteiger charge is -2.15. The smallest absolute Gasteiger partial charge is 0.168 e. The van der Waals surface area contributed by atoms with Gasteiger partial charge in [0.25, 0.3) is 0 Å². The van der Waals surface area contributed by atoms with E-state index in [2.05, 4.69) is 20.3 Å². The van der Waals surface area contributed by atoms with E-state index in [0.29, 0.717) is 23.5 Å². The van der Waals surface area contributed by atoms with Gasteiger partial charge in [-0.3, -0.25) is 4.57 Å². The molecule has 0 bridgehead atoms. The van der Waals surface area contributed by atoms with E-state index in [1.807, 2.05) is 6.92 Å². The third-order valence-corrected chi connectivity index (χ3v) is 3.31. The van der Waals surface area contributed by atoms with E-state index in [4.69, 9.17) is 9.84 Å². The number of halogens is 1. The summed E-state index contributed by atoms with van der Waals surface area (Å²) in [5, 5.41) is 12.2. The average Bonchev–Trinajstić information content (AvgIpc) is 3.03. The van der Waals surface area contributed by atoms with Crippen LogP contribution in [0.5, 0.6) is 0 Å². The van der Waals surface area contributed by atoms with Gasteiger partial charge in [-0.2, -0.15) is 0 Å². The number of aliphatic hydroxyl groups is 1. The van der Waals surface area contributed by atoms with Gasteiger partial charge in [-0.05, 0) is 6.92 Å². The molecule has 1 fully saturated rings. The minimum atomic E-state index is -1.19. The molecule has 1 saturated heterocycles. The fourth-order valence-electron chi connectivity index (χ4n) is 2.40. The lowest BCUT2D eigenvalue weighted by atomic mass is 10.2. The maximum atomic E-state index is 14.0. The molecule has 20 heavy (non-hydrogen) atoms. The van der Waals surface area contributed by atoms with Gasteiger partial charge in [0, 0.05) is 13.0 Å². The second-order valence-electron chi connectivity index (χ2n) is 4.66. The topological polar surface area (TPSA) is 85.1 Å².